The third-order valence-corrected chi connectivity index (χ3v) is 4.91. The van der Waals surface area contributed by atoms with Crippen LogP contribution in [0, 0.1) is 10.1 Å². The number of nitro benzene ring substituents is 1. The second-order valence-corrected chi connectivity index (χ2v) is 6.44. The first kappa shape index (κ1) is 14.7. The van der Waals surface area contributed by atoms with Gasteiger partial charge in [-0.15, -0.1) is 0 Å². The van der Waals surface area contributed by atoms with Gasteiger partial charge in [0.05, 0.1) is 17.6 Å². The van der Waals surface area contributed by atoms with E-state index in [4.69, 9.17) is 10.5 Å². The zero-order valence-corrected chi connectivity index (χ0v) is 11.7. The molecule has 8 nitrogen and oxygen atoms in total. The van der Waals surface area contributed by atoms with Crippen molar-refractivity contribution < 1.29 is 18.1 Å². The molecule has 0 radical (unpaired) electrons. The molecule has 0 spiro atoms. The Hall–Kier alpha value is -1.71. The maximum absolute atomic E-state index is 12.5. The van der Waals surface area contributed by atoms with Crippen LogP contribution in [0.25, 0.3) is 0 Å². The summed E-state index contributed by atoms with van der Waals surface area (Å²) in [5.41, 5.74) is 5.11. The third-order valence-electron chi connectivity index (χ3n) is 3.00. The first-order valence-corrected chi connectivity index (χ1v) is 7.42. The first-order valence-electron chi connectivity index (χ1n) is 5.98. The van der Waals surface area contributed by atoms with Crippen LogP contribution in [0.1, 0.15) is 6.92 Å². The summed E-state index contributed by atoms with van der Waals surface area (Å²) in [5.74, 6) is 0. The van der Waals surface area contributed by atoms with Crippen LogP contribution in [0.15, 0.2) is 23.1 Å². The summed E-state index contributed by atoms with van der Waals surface area (Å²) in [4.78, 5) is 9.93. The molecule has 0 saturated carbocycles. The van der Waals surface area contributed by atoms with Crippen molar-refractivity contribution in [3.05, 3.63) is 28.3 Å². The van der Waals surface area contributed by atoms with Crippen LogP contribution < -0.4 is 5.73 Å². The molecule has 0 aromatic heterocycles. The van der Waals surface area contributed by atoms with Gasteiger partial charge in [0, 0.05) is 24.8 Å². The van der Waals surface area contributed by atoms with Crippen molar-refractivity contribution >= 4 is 21.4 Å². The summed E-state index contributed by atoms with van der Waals surface area (Å²) in [7, 11) is -3.93. The van der Waals surface area contributed by atoms with Crippen LogP contribution in [-0.2, 0) is 14.8 Å². The van der Waals surface area contributed by atoms with Gasteiger partial charge in [0.2, 0.25) is 10.0 Å². The maximum Gasteiger partial charge on any atom is 0.291 e. The number of anilines is 1. The second kappa shape index (κ2) is 5.35. The van der Waals surface area contributed by atoms with Crippen molar-refractivity contribution in [1.82, 2.24) is 4.31 Å². The summed E-state index contributed by atoms with van der Waals surface area (Å²) in [6.45, 7) is 2.36. The fourth-order valence-electron chi connectivity index (χ4n) is 2.04. The number of hydrogen-bond donors (Lipinski definition) is 1. The predicted molar refractivity (Wildman–Crippen MR) is 71.7 cm³/mol. The van der Waals surface area contributed by atoms with Gasteiger partial charge >= 0.3 is 0 Å². The molecule has 0 amide bonds. The minimum atomic E-state index is -3.93. The molecule has 1 aromatic carbocycles. The van der Waals surface area contributed by atoms with E-state index in [2.05, 4.69) is 0 Å². The molecule has 1 saturated heterocycles. The lowest BCUT2D eigenvalue weighted by Crippen LogP contribution is -2.44. The number of nitrogens with two attached hydrogens (primary N) is 1. The van der Waals surface area contributed by atoms with Gasteiger partial charge in [0.15, 0.2) is 4.90 Å². The highest BCUT2D eigenvalue weighted by Crippen LogP contribution is 2.29. The van der Waals surface area contributed by atoms with Crippen molar-refractivity contribution in [2.75, 3.05) is 25.4 Å². The van der Waals surface area contributed by atoms with Crippen LogP contribution in [0.3, 0.4) is 0 Å². The van der Waals surface area contributed by atoms with Crippen LogP contribution in [0.2, 0.25) is 0 Å². The SMILES string of the molecule is CC1CN(S(=O)(=O)c2ccc(N)cc2[N+](=O)[O-])CCO1. The molecule has 1 heterocycles. The highest BCUT2D eigenvalue weighted by atomic mass is 32.2. The number of nitrogen functional groups attached to an aromatic ring is 1. The highest BCUT2D eigenvalue weighted by molar-refractivity contribution is 7.89. The van der Waals surface area contributed by atoms with Gasteiger partial charge in [-0.25, -0.2) is 8.42 Å². The molecular weight excluding hydrogens is 286 g/mol. The van der Waals surface area contributed by atoms with E-state index in [9.17, 15) is 18.5 Å². The Kier molecular flexibility index (Phi) is 3.93. The Bertz CT molecular complexity index is 631. The smallest absolute Gasteiger partial charge is 0.291 e. The molecule has 2 N–H and O–H groups in total. The molecule has 9 heteroatoms. The van der Waals surface area contributed by atoms with E-state index in [1.807, 2.05) is 0 Å². The van der Waals surface area contributed by atoms with E-state index in [1.54, 1.807) is 6.92 Å². The molecule has 1 unspecified atom stereocenters. The molecule has 1 aliphatic heterocycles. The van der Waals surface area contributed by atoms with E-state index < -0.39 is 20.6 Å². The number of nitrogens with zero attached hydrogens (tertiary/aromatic N) is 2. The standard InChI is InChI=1S/C11H15N3O5S/c1-8-7-13(4-5-19-8)20(17,18)11-3-2-9(12)6-10(11)14(15)16/h2-3,6,8H,4-5,7,12H2,1H3. The van der Waals surface area contributed by atoms with E-state index in [-0.39, 0.29) is 36.4 Å². The number of morpholine rings is 1. The summed E-state index contributed by atoms with van der Waals surface area (Å²) < 4.78 is 31.5. The predicted octanol–water partition coefficient (Wildman–Crippen LogP) is 0.586. The van der Waals surface area contributed by atoms with Gasteiger partial charge in [-0.05, 0) is 19.1 Å². The number of ether oxygens (including phenoxy) is 1. The zero-order valence-electron chi connectivity index (χ0n) is 10.9. The van der Waals surface area contributed by atoms with Gasteiger partial charge in [-0.2, -0.15) is 4.31 Å². The molecule has 20 heavy (non-hydrogen) atoms. The number of benzene rings is 1. The Morgan fingerprint density at radius 3 is 2.80 bits per heavy atom. The summed E-state index contributed by atoms with van der Waals surface area (Å²) in [5, 5.41) is 11.0. The first-order chi connectivity index (χ1) is 9.32. The fourth-order valence-corrected chi connectivity index (χ4v) is 3.68. The largest absolute Gasteiger partial charge is 0.399 e. The highest BCUT2D eigenvalue weighted by Gasteiger charge is 2.34. The lowest BCUT2D eigenvalue weighted by molar-refractivity contribution is -0.387. The number of rotatable bonds is 3. The van der Waals surface area contributed by atoms with Crippen molar-refractivity contribution in [3.63, 3.8) is 0 Å². The fraction of sp³-hybridized carbons (Fsp3) is 0.455. The molecule has 2 rings (SSSR count). The van der Waals surface area contributed by atoms with Crippen LogP contribution in [0.4, 0.5) is 11.4 Å². The lowest BCUT2D eigenvalue weighted by atomic mass is 10.3. The van der Waals surface area contributed by atoms with E-state index in [0.29, 0.717) is 0 Å². The molecule has 0 bridgehead atoms. The number of hydrogen-bond acceptors (Lipinski definition) is 6. The minimum Gasteiger partial charge on any atom is -0.399 e. The van der Waals surface area contributed by atoms with E-state index in [0.717, 1.165) is 6.07 Å². The molecule has 0 aliphatic carbocycles. The number of sulfonamides is 1. The van der Waals surface area contributed by atoms with Gasteiger partial charge in [-0.1, -0.05) is 0 Å². The Balaban J connectivity index is 2.46. The molecule has 110 valence electrons. The molecule has 1 atom stereocenters. The van der Waals surface area contributed by atoms with Crippen LogP contribution in [0.5, 0.6) is 0 Å². The summed E-state index contributed by atoms with van der Waals surface area (Å²) in [6, 6.07) is 3.56. The number of nitro groups is 1. The van der Waals surface area contributed by atoms with Crippen molar-refractivity contribution in [2.45, 2.75) is 17.9 Å². The van der Waals surface area contributed by atoms with Gasteiger partial charge < -0.3 is 10.5 Å². The van der Waals surface area contributed by atoms with Gasteiger partial charge in [0.25, 0.3) is 5.69 Å². The quantitative estimate of drug-likeness (QED) is 0.496. The van der Waals surface area contributed by atoms with Crippen LogP contribution in [-0.4, -0.2) is 43.4 Å². The normalized spacial score (nSPS) is 20.8. The van der Waals surface area contributed by atoms with E-state index >= 15 is 0 Å². The Morgan fingerprint density at radius 1 is 1.50 bits per heavy atom. The third kappa shape index (κ3) is 2.74. The van der Waals surface area contributed by atoms with Gasteiger partial charge in [0.1, 0.15) is 0 Å². The molecule has 1 aromatic rings. The monoisotopic (exact) mass is 301 g/mol. The maximum atomic E-state index is 12.5. The molecular formula is C11H15N3O5S. The zero-order chi connectivity index (χ0) is 14.9. The molecule has 1 fully saturated rings. The summed E-state index contributed by atoms with van der Waals surface area (Å²) >= 11 is 0. The minimum absolute atomic E-state index is 0.144. The Labute approximate surface area is 116 Å². The van der Waals surface area contributed by atoms with E-state index in [1.165, 1.54) is 16.4 Å². The van der Waals surface area contributed by atoms with Crippen molar-refractivity contribution in [2.24, 2.45) is 0 Å². The van der Waals surface area contributed by atoms with Crippen molar-refractivity contribution in [1.29, 1.82) is 0 Å². The average molecular weight is 301 g/mol. The van der Waals surface area contributed by atoms with Gasteiger partial charge in [-0.3, -0.25) is 10.1 Å². The molecule has 1 aliphatic rings. The average Bonchev–Trinajstić information content (AvgIpc) is 2.38. The lowest BCUT2D eigenvalue weighted by Gasteiger charge is -2.30. The topological polar surface area (TPSA) is 116 Å². The summed E-state index contributed by atoms with van der Waals surface area (Å²) in [6.07, 6.45) is -0.244. The van der Waals surface area contributed by atoms with Crippen molar-refractivity contribution in [3.8, 4) is 0 Å². The second-order valence-electron chi connectivity index (χ2n) is 4.53. The Morgan fingerprint density at radius 2 is 2.20 bits per heavy atom. The van der Waals surface area contributed by atoms with Crippen LogP contribution >= 0.6 is 0 Å².